The minimum atomic E-state index is -2.80. The molecule has 0 N–H and O–H groups in total. The molecule has 6 rings (SSSR count). The van der Waals surface area contributed by atoms with Gasteiger partial charge in [-0.2, -0.15) is 15.0 Å². The molecule has 1 amide bonds. The second-order valence-corrected chi connectivity index (χ2v) is 10.6. The Morgan fingerprint density at radius 1 is 1.00 bits per heavy atom. The maximum absolute atomic E-state index is 14.1. The predicted octanol–water partition coefficient (Wildman–Crippen LogP) is 1.75. The highest BCUT2D eigenvalue weighted by Crippen LogP contribution is 2.41. The lowest BCUT2D eigenvalue weighted by Gasteiger charge is -2.59. The molecule has 1 spiro atoms. The number of nitrogens with zero attached hydrogens (tertiary/aromatic N) is 9. The Bertz CT molecular complexity index is 1390. The van der Waals surface area contributed by atoms with Crippen molar-refractivity contribution in [2.24, 2.45) is 5.41 Å². The third kappa shape index (κ3) is 4.91. The highest BCUT2D eigenvalue weighted by molar-refractivity contribution is 5.88. The first-order chi connectivity index (χ1) is 18.8. The molecular formula is C26H31F2N9O2. The standard InChI is InChI=1S/C26H31F2N9O2/c1-33(2)9-5-8-20(38)35-14-26(15-35)16-36(17-26)24-30-23(34-10-12-39-13-11-34)31-25(32-24)37-19-7-4-3-6-18(19)29-22(37)21(27)28/h3-8,21H,9-17H2,1-2H3/b8-5+. The molecule has 2 aromatic heterocycles. The molecular weight excluding hydrogens is 508 g/mol. The van der Waals surface area contributed by atoms with Crippen LogP contribution in [-0.2, 0) is 9.53 Å². The molecule has 5 heterocycles. The molecule has 1 aromatic carbocycles. The number of carbonyl (C=O) groups excluding carboxylic acids is 1. The molecule has 3 saturated heterocycles. The highest BCUT2D eigenvalue weighted by atomic mass is 19.3. The van der Waals surface area contributed by atoms with Crippen LogP contribution in [0.2, 0.25) is 0 Å². The summed E-state index contributed by atoms with van der Waals surface area (Å²) in [5.74, 6) is 0.582. The van der Waals surface area contributed by atoms with Crippen molar-refractivity contribution in [2.45, 2.75) is 6.43 Å². The lowest BCUT2D eigenvalue weighted by Crippen LogP contribution is -2.73. The molecule has 0 unspecified atom stereocenters. The number of alkyl halides is 2. The number of benzene rings is 1. The lowest BCUT2D eigenvalue weighted by molar-refractivity contribution is -0.139. The average Bonchev–Trinajstić information content (AvgIpc) is 3.27. The molecule has 0 aliphatic carbocycles. The van der Waals surface area contributed by atoms with E-state index in [1.165, 1.54) is 4.57 Å². The van der Waals surface area contributed by atoms with E-state index in [0.29, 0.717) is 82.0 Å². The molecule has 39 heavy (non-hydrogen) atoms. The molecule has 0 saturated carbocycles. The summed E-state index contributed by atoms with van der Waals surface area (Å²) >= 11 is 0. The van der Waals surface area contributed by atoms with Gasteiger partial charge in [-0.25, -0.2) is 13.8 Å². The first kappa shape index (κ1) is 25.6. The van der Waals surface area contributed by atoms with Crippen LogP contribution in [0.3, 0.4) is 0 Å². The first-order valence-electron chi connectivity index (χ1n) is 13.0. The second-order valence-electron chi connectivity index (χ2n) is 10.6. The number of imidazole rings is 1. The Labute approximate surface area is 224 Å². The SMILES string of the molecule is CN(C)C/C=C/C(=O)N1CC2(C1)CN(c1nc(N3CCOCC3)nc(-n3c(C(F)F)nc4ccccc43)n1)C2. The average molecular weight is 540 g/mol. The van der Waals surface area contributed by atoms with Gasteiger partial charge in [0.15, 0.2) is 5.82 Å². The Morgan fingerprint density at radius 2 is 1.67 bits per heavy atom. The van der Waals surface area contributed by atoms with Crippen LogP contribution in [0, 0.1) is 5.41 Å². The van der Waals surface area contributed by atoms with Gasteiger partial charge >= 0.3 is 0 Å². The number of rotatable bonds is 7. The minimum absolute atomic E-state index is 0.00714. The summed E-state index contributed by atoms with van der Waals surface area (Å²) in [6, 6.07) is 6.97. The van der Waals surface area contributed by atoms with Gasteiger partial charge in [-0.3, -0.25) is 9.36 Å². The zero-order valence-electron chi connectivity index (χ0n) is 22.0. The van der Waals surface area contributed by atoms with E-state index in [0.717, 1.165) is 0 Å². The Kier molecular flexibility index (Phi) is 6.63. The van der Waals surface area contributed by atoms with Crippen molar-refractivity contribution in [2.75, 3.05) is 82.9 Å². The lowest BCUT2D eigenvalue weighted by atomic mass is 9.73. The zero-order valence-corrected chi connectivity index (χ0v) is 22.0. The summed E-state index contributed by atoms with van der Waals surface area (Å²) in [5, 5.41) is 0. The highest BCUT2D eigenvalue weighted by Gasteiger charge is 2.53. The number of carbonyl (C=O) groups is 1. The van der Waals surface area contributed by atoms with Crippen molar-refractivity contribution < 1.29 is 18.3 Å². The van der Waals surface area contributed by atoms with E-state index in [4.69, 9.17) is 9.72 Å². The summed E-state index contributed by atoms with van der Waals surface area (Å²) < 4.78 is 35.0. The van der Waals surface area contributed by atoms with E-state index < -0.39 is 12.2 Å². The smallest absolute Gasteiger partial charge is 0.296 e. The monoisotopic (exact) mass is 539 g/mol. The molecule has 11 nitrogen and oxygen atoms in total. The molecule has 0 radical (unpaired) electrons. The number of para-hydroxylation sites is 2. The quantitative estimate of drug-likeness (QED) is 0.416. The number of amides is 1. The molecule has 13 heteroatoms. The number of fused-ring (bicyclic) bond motifs is 1. The topological polar surface area (TPSA) is 95.8 Å². The van der Waals surface area contributed by atoms with Crippen LogP contribution in [0.25, 0.3) is 17.0 Å². The fraction of sp³-hybridized carbons (Fsp3) is 0.500. The summed E-state index contributed by atoms with van der Waals surface area (Å²) in [6.45, 7) is 5.67. The normalized spacial score (nSPS) is 19.0. The summed E-state index contributed by atoms with van der Waals surface area (Å²) in [5.41, 5.74) is 0.949. The van der Waals surface area contributed by atoms with Crippen LogP contribution in [0.1, 0.15) is 12.2 Å². The van der Waals surface area contributed by atoms with Crippen molar-refractivity contribution in [3.63, 3.8) is 0 Å². The molecule has 3 aliphatic rings. The molecule has 3 aromatic rings. The number of morpholine rings is 1. The third-order valence-corrected chi connectivity index (χ3v) is 7.31. The van der Waals surface area contributed by atoms with Crippen LogP contribution in [0.5, 0.6) is 0 Å². The summed E-state index contributed by atoms with van der Waals surface area (Å²) in [4.78, 5) is 38.5. The second kappa shape index (κ2) is 10.1. The van der Waals surface area contributed by atoms with Crippen LogP contribution in [0.15, 0.2) is 36.4 Å². The van der Waals surface area contributed by atoms with Gasteiger partial charge in [0, 0.05) is 57.3 Å². The number of likely N-dealkylation sites (N-methyl/N-ethyl adjacent to an activating group) is 1. The van der Waals surface area contributed by atoms with E-state index in [1.807, 2.05) is 39.8 Å². The summed E-state index contributed by atoms with van der Waals surface area (Å²) in [6.07, 6.45) is 0.696. The number of anilines is 2. The molecule has 206 valence electrons. The van der Waals surface area contributed by atoms with E-state index in [-0.39, 0.29) is 17.3 Å². The van der Waals surface area contributed by atoms with Crippen molar-refractivity contribution in [3.8, 4) is 5.95 Å². The Morgan fingerprint density at radius 3 is 2.36 bits per heavy atom. The van der Waals surface area contributed by atoms with Crippen molar-refractivity contribution >= 4 is 28.8 Å². The van der Waals surface area contributed by atoms with Gasteiger partial charge in [-0.15, -0.1) is 0 Å². The largest absolute Gasteiger partial charge is 0.378 e. The number of hydrogen-bond donors (Lipinski definition) is 0. The first-order valence-corrected chi connectivity index (χ1v) is 13.0. The van der Waals surface area contributed by atoms with Crippen LogP contribution < -0.4 is 9.80 Å². The van der Waals surface area contributed by atoms with Gasteiger partial charge in [0.1, 0.15) is 0 Å². The van der Waals surface area contributed by atoms with Crippen LogP contribution >= 0.6 is 0 Å². The summed E-state index contributed by atoms with van der Waals surface area (Å²) in [7, 11) is 3.91. The van der Waals surface area contributed by atoms with Gasteiger partial charge < -0.3 is 24.3 Å². The van der Waals surface area contributed by atoms with Gasteiger partial charge in [-0.05, 0) is 26.2 Å². The fourth-order valence-corrected chi connectivity index (χ4v) is 5.38. The maximum Gasteiger partial charge on any atom is 0.296 e. The number of likely N-dealkylation sites (tertiary alicyclic amines) is 1. The van der Waals surface area contributed by atoms with E-state index in [2.05, 4.69) is 15.0 Å². The van der Waals surface area contributed by atoms with Gasteiger partial charge in [0.25, 0.3) is 6.43 Å². The van der Waals surface area contributed by atoms with Crippen LogP contribution in [0.4, 0.5) is 20.7 Å². The van der Waals surface area contributed by atoms with Crippen molar-refractivity contribution in [3.05, 3.63) is 42.2 Å². The number of aromatic nitrogens is 5. The van der Waals surface area contributed by atoms with Gasteiger partial charge in [0.05, 0.1) is 24.2 Å². The number of hydrogen-bond acceptors (Lipinski definition) is 9. The number of halogens is 2. The van der Waals surface area contributed by atoms with Crippen molar-refractivity contribution in [1.82, 2.24) is 34.3 Å². The Balaban J connectivity index is 1.26. The molecule has 0 atom stereocenters. The minimum Gasteiger partial charge on any atom is -0.378 e. The van der Waals surface area contributed by atoms with Crippen LogP contribution in [-0.4, -0.2) is 113 Å². The van der Waals surface area contributed by atoms with Gasteiger partial charge in [0.2, 0.25) is 23.8 Å². The number of ether oxygens (including phenoxy) is 1. The van der Waals surface area contributed by atoms with Crippen molar-refractivity contribution in [1.29, 1.82) is 0 Å². The third-order valence-electron chi connectivity index (χ3n) is 7.31. The maximum atomic E-state index is 14.1. The van der Waals surface area contributed by atoms with Gasteiger partial charge in [-0.1, -0.05) is 18.2 Å². The predicted molar refractivity (Wildman–Crippen MR) is 141 cm³/mol. The van der Waals surface area contributed by atoms with E-state index >= 15 is 0 Å². The van der Waals surface area contributed by atoms with E-state index in [1.54, 1.807) is 30.3 Å². The Hall–Kier alpha value is -3.71. The molecule has 3 aliphatic heterocycles. The fourth-order valence-electron chi connectivity index (χ4n) is 5.38. The van der Waals surface area contributed by atoms with E-state index in [9.17, 15) is 13.6 Å². The molecule has 3 fully saturated rings. The zero-order chi connectivity index (χ0) is 27.1. The molecule has 0 bridgehead atoms.